The lowest BCUT2D eigenvalue weighted by atomic mass is 9.85. The molecule has 2 aromatic carbocycles. The van der Waals surface area contributed by atoms with Gasteiger partial charge >= 0.3 is 12.4 Å². The number of aliphatic hydroxyl groups is 1. The largest absolute Gasteiger partial charge is 0.416 e. The van der Waals surface area contributed by atoms with E-state index in [4.69, 9.17) is 0 Å². The molecule has 2 heterocycles. The van der Waals surface area contributed by atoms with Crippen LogP contribution in [0.3, 0.4) is 0 Å². The van der Waals surface area contributed by atoms with Crippen LogP contribution in [0, 0.1) is 0 Å². The van der Waals surface area contributed by atoms with Crippen LogP contribution in [0.5, 0.6) is 0 Å². The maximum atomic E-state index is 13.5. The molecule has 0 bridgehead atoms. The molecule has 4 rings (SSSR count). The van der Waals surface area contributed by atoms with Gasteiger partial charge in [0, 0.05) is 37.5 Å². The van der Waals surface area contributed by atoms with Gasteiger partial charge in [-0.05, 0) is 49.6 Å². The standard InChI is InChI=1S/C25H25F6N3O3/c26-24(27,28)18-13-17(14-19(15-18)25(29,30)31)21(36)32-10-7-23(8-11-32)22(37)33(9-4-12-35)16-34(23)20-5-2-1-3-6-20/h1-3,5-6,13-15,35H,4,7-12,16H2. The minimum Gasteiger partial charge on any atom is -0.396 e. The topological polar surface area (TPSA) is 64.1 Å². The van der Waals surface area contributed by atoms with Gasteiger partial charge in [-0.1, -0.05) is 18.2 Å². The predicted molar refractivity (Wildman–Crippen MR) is 122 cm³/mol. The van der Waals surface area contributed by atoms with Crippen LogP contribution < -0.4 is 4.90 Å². The van der Waals surface area contributed by atoms with E-state index < -0.39 is 40.5 Å². The molecule has 1 N–H and O–H groups in total. The Morgan fingerprint density at radius 1 is 0.919 bits per heavy atom. The predicted octanol–water partition coefficient (Wildman–Crippen LogP) is 4.39. The van der Waals surface area contributed by atoms with Gasteiger partial charge in [0.15, 0.2) is 0 Å². The zero-order chi connectivity index (χ0) is 27.0. The number of carbonyl (C=O) groups excluding carboxylic acids is 2. The van der Waals surface area contributed by atoms with Crippen molar-refractivity contribution >= 4 is 17.5 Å². The highest BCUT2D eigenvalue weighted by Gasteiger charge is 2.54. The van der Waals surface area contributed by atoms with Gasteiger partial charge in [0.25, 0.3) is 5.91 Å². The summed E-state index contributed by atoms with van der Waals surface area (Å²) in [5.41, 5.74) is -4.06. The van der Waals surface area contributed by atoms with Crippen LogP contribution in [0.1, 0.15) is 40.7 Å². The minimum absolute atomic E-state index is 0.0160. The van der Waals surface area contributed by atoms with Gasteiger partial charge in [-0.25, -0.2) is 0 Å². The normalized spacial score (nSPS) is 18.1. The molecule has 2 saturated heterocycles. The number of amides is 2. The highest BCUT2D eigenvalue weighted by Crippen LogP contribution is 2.41. The van der Waals surface area contributed by atoms with E-state index in [-0.39, 0.29) is 51.2 Å². The molecule has 0 saturated carbocycles. The first-order valence-corrected chi connectivity index (χ1v) is 11.7. The highest BCUT2D eigenvalue weighted by molar-refractivity contribution is 5.96. The van der Waals surface area contributed by atoms with E-state index in [9.17, 15) is 41.0 Å². The highest BCUT2D eigenvalue weighted by atomic mass is 19.4. The number of para-hydroxylation sites is 1. The summed E-state index contributed by atoms with van der Waals surface area (Å²) in [5.74, 6) is -1.14. The van der Waals surface area contributed by atoms with E-state index in [0.29, 0.717) is 25.1 Å². The van der Waals surface area contributed by atoms with Crippen molar-refractivity contribution in [3.8, 4) is 0 Å². The summed E-state index contributed by atoms with van der Waals surface area (Å²) < 4.78 is 79.6. The number of nitrogens with zero attached hydrogens (tertiary/aromatic N) is 3. The van der Waals surface area contributed by atoms with Crippen molar-refractivity contribution in [2.45, 2.75) is 37.2 Å². The van der Waals surface area contributed by atoms with Crippen LogP contribution in [-0.2, 0) is 17.1 Å². The SMILES string of the molecule is O=C(c1cc(C(F)(F)F)cc(C(F)(F)F)c1)N1CCC2(CC1)C(=O)N(CCCO)CN2c1ccccc1. The van der Waals surface area contributed by atoms with E-state index >= 15 is 0 Å². The van der Waals surface area contributed by atoms with Crippen LogP contribution in [0.2, 0.25) is 0 Å². The molecule has 2 amide bonds. The number of benzene rings is 2. The lowest BCUT2D eigenvalue weighted by Crippen LogP contribution is -2.57. The molecule has 0 unspecified atom stereocenters. The third-order valence-electron chi connectivity index (χ3n) is 6.88. The van der Waals surface area contributed by atoms with Crippen LogP contribution in [-0.4, -0.2) is 65.2 Å². The molecule has 1 spiro atoms. The van der Waals surface area contributed by atoms with Crippen molar-refractivity contribution in [3.05, 3.63) is 65.2 Å². The summed E-state index contributed by atoms with van der Waals surface area (Å²) in [6.07, 6.45) is -9.45. The quantitative estimate of drug-likeness (QED) is 0.584. The molecule has 0 aromatic heterocycles. The Kier molecular flexibility index (Phi) is 7.15. The fourth-order valence-electron chi connectivity index (χ4n) is 4.98. The van der Waals surface area contributed by atoms with Crippen molar-refractivity contribution < 1.29 is 41.0 Å². The first-order chi connectivity index (χ1) is 17.4. The molecular weight excluding hydrogens is 504 g/mol. The van der Waals surface area contributed by atoms with Gasteiger partial charge in [0.2, 0.25) is 5.91 Å². The van der Waals surface area contributed by atoms with Crippen molar-refractivity contribution in [2.24, 2.45) is 0 Å². The summed E-state index contributed by atoms with van der Waals surface area (Å²) in [5, 5.41) is 9.20. The molecule has 37 heavy (non-hydrogen) atoms. The number of likely N-dealkylation sites (tertiary alicyclic amines) is 1. The van der Waals surface area contributed by atoms with Gasteiger partial charge in [-0.15, -0.1) is 0 Å². The number of carbonyl (C=O) groups is 2. The summed E-state index contributed by atoms with van der Waals surface area (Å²) in [4.78, 5) is 31.3. The summed E-state index contributed by atoms with van der Waals surface area (Å²) >= 11 is 0. The van der Waals surface area contributed by atoms with Crippen LogP contribution in [0.15, 0.2) is 48.5 Å². The number of aliphatic hydroxyl groups excluding tert-OH is 1. The van der Waals surface area contributed by atoms with Crippen molar-refractivity contribution in [1.82, 2.24) is 9.80 Å². The number of hydrogen-bond acceptors (Lipinski definition) is 4. The molecule has 6 nitrogen and oxygen atoms in total. The summed E-state index contributed by atoms with van der Waals surface area (Å²) in [6, 6.07) is 9.96. The molecule has 0 radical (unpaired) electrons. The molecule has 2 aliphatic heterocycles. The fraction of sp³-hybridized carbons (Fsp3) is 0.440. The second-order valence-electron chi connectivity index (χ2n) is 9.17. The number of alkyl halides is 6. The van der Waals surface area contributed by atoms with Gasteiger partial charge in [-0.3, -0.25) is 9.59 Å². The molecule has 0 aliphatic carbocycles. The van der Waals surface area contributed by atoms with Gasteiger partial charge in [-0.2, -0.15) is 26.3 Å². The summed E-state index contributed by atoms with van der Waals surface area (Å²) in [6.45, 7) is 0.437. The molecule has 2 fully saturated rings. The number of halogens is 6. The van der Waals surface area contributed by atoms with E-state index in [1.807, 2.05) is 35.2 Å². The molecular formula is C25H25F6N3O3. The van der Waals surface area contributed by atoms with Gasteiger partial charge in [0.1, 0.15) is 5.54 Å². The van der Waals surface area contributed by atoms with Gasteiger partial charge < -0.3 is 19.8 Å². The third kappa shape index (κ3) is 5.25. The molecule has 2 aliphatic rings. The Hall–Kier alpha value is -3.28. The third-order valence-corrected chi connectivity index (χ3v) is 6.88. The minimum atomic E-state index is -5.06. The van der Waals surface area contributed by atoms with Crippen molar-refractivity contribution in [2.75, 3.05) is 37.8 Å². The molecule has 200 valence electrons. The van der Waals surface area contributed by atoms with E-state index in [1.54, 1.807) is 4.90 Å². The average Bonchev–Trinajstić information content (AvgIpc) is 3.13. The number of anilines is 1. The first-order valence-electron chi connectivity index (χ1n) is 11.7. The second-order valence-corrected chi connectivity index (χ2v) is 9.17. The maximum Gasteiger partial charge on any atom is 0.416 e. The Morgan fingerprint density at radius 3 is 2.00 bits per heavy atom. The zero-order valence-electron chi connectivity index (χ0n) is 19.6. The first kappa shape index (κ1) is 26.8. The van der Waals surface area contributed by atoms with E-state index in [1.165, 1.54) is 4.90 Å². The van der Waals surface area contributed by atoms with Crippen LogP contribution in [0.25, 0.3) is 0 Å². The van der Waals surface area contributed by atoms with Crippen molar-refractivity contribution in [1.29, 1.82) is 0 Å². The molecule has 2 aromatic rings. The average molecular weight is 529 g/mol. The number of rotatable bonds is 5. The molecule has 12 heteroatoms. The maximum absolute atomic E-state index is 13.5. The van der Waals surface area contributed by atoms with Crippen LogP contribution in [0.4, 0.5) is 32.0 Å². The van der Waals surface area contributed by atoms with E-state index in [0.717, 1.165) is 5.69 Å². The lowest BCUT2D eigenvalue weighted by Gasteiger charge is -2.43. The Bertz CT molecular complexity index is 1110. The zero-order valence-corrected chi connectivity index (χ0v) is 19.6. The number of piperidine rings is 1. The number of hydrogen-bond donors (Lipinski definition) is 1. The van der Waals surface area contributed by atoms with Crippen LogP contribution >= 0.6 is 0 Å². The lowest BCUT2D eigenvalue weighted by molar-refractivity contribution is -0.143. The Morgan fingerprint density at radius 2 is 1.49 bits per heavy atom. The monoisotopic (exact) mass is 529 g/mol. The summed E-state index contributed by atoms with van der Waals surface area (Å²) in [7, 11) is 0. The smallest absolute Gasteiger partial charge is 0.396 e. The fourth-order valence-corrected chi connectivity index (χ4v) is 4.98. The Labute approximate surface area is 209 Å². The molecule has 0 atom stereocenters. The van der Waals surface area contributed by atoms with Crippen molar-refractivity contribution in [3.63, 3.8) is 0 Å². The van der Waals surface area contributed by atoms with Gasteiger partial charge in [0.05, 0.1) is 17.8 Å². The van der Waals surface area contributed by atoms with E-state index in [2.05, 4.69) is 0 Å². The Balaban J connectivity index is 1.60. The second kappa shape index (κ2) is 9.88.